The molecule has 0 unspecified atom stereocenters. The van der Waals surface area contributed by atoms with Crippen molar-refractivity contribution in [2.45, 2.75) is 51.6 Å². The Morgan fingerprint density at radius 1 is 0.974 bits per heavy atom. The lowest BCUT2D eigenvalue weighted by molar-refractivity contribution is -0.139. The van der Waals surface area contributed by atoms with Gasteiger partial charge in [-0.3, -0.25) is 13.9 Å². The molecule has 0 aliphatic rings. The summed E-state index contributed by atoms with van der Waals surface area (Å²) in [4.78, 5) is 28.4. The summed E-state index contributed by atoms with van der Waals surface area (Å²) in [7, 11) is -2.53. The number of amides is 2. The minimum atomic E-state index is -4.10. The summed E-state index contributed by atoms with van der Waals surface area (Å²) < 4.78 is 34.2. The molecule has 208 valence electrons. The summed E-state index contributed by atoms with van der Waals surface area (Å²) in [6.45, 7) is 7.41. The van der Waals surface area contributed by atoms with Gasteiger partial charge in [-0.2, -0.15) is 0 Å². The summed E-state index contributed by atoms with van der Waals surface area (Å²) in [6, 6.07) is 19.9. The average Bonchev–Trinajstić information content (AvgIpc) is 2.94. The van der Waals surface area contributed by atoms with Gasteiger partial charge in [-0.05, 0) is 74.2 Å². The van der Waals surface area contributed by atoms with Crippen LogP contribution in [0, 0.1) is 13.8 Å². The van der Waals surface area contributed by atoms with E-state index in [0.717, 1.165) is 21.9 Å². The molecule has 3 aromatic carbocycles. The van der Waals surface area contributed by atoms with Crippen LogP contribution in [0.3, 0.4) is 0 Å². The standard InChI is InChI=1S/C30H37N3O5S/c1-6-18-31-30(35)24(4)32(20-25-14-16-26(38-5)17-15-25)29(34)21-33(28-19-22(2)12-13-23(28)3)39(36,37)27-10-8-7-9-11-27/h7-17,19,24H,6,18,20-21H2,1-5H3,(H,31,35)/t24-/m0/s1. The number of rotatable bonds is 12. The molecule has 0 fully saturated rings. The number of sulfonamides is 1. The zero-order valence-electron chi connectivity index (χ0n) is 23.2. The van der Waals surface area contributed by atoms with Gasteiger partial charge in [0.1, 0.15) is 18.3 Å². The Kier molecular flexibility index (Phi) is 10.1. The van der Waals surface area contributed by atoms with Gasteiger partial charge in [0.25, 0.3) is 10.0 Å². The topological polar surface area (TPSA) is 96.0 Å². The fourth-order valence-electron chi connectivity index (χ4n) is 4.13. The van der Waals surface area contributed by atoms with E-state index < -0.39 is 28.5 Å². The number of ether oxygens (including phenoxy) is 1. The normalized spacial score (nSPS) is 11.9. The van der Waals surface area contributed by atoms with Crippen molar-refractivity contribution in [3.05, 3.63) is 89.5 Å². The van der Waals surface area contributed by atoms with Crippen LogP contribution in [0.5, 0.6) is 5.75 Å². The van der Waals surface area contributed by atoms with Gasteiger partial charge in [0.05, 0.1) is 17.7 Å². The van der Waals surface area contributed by atoms with Gasteiger partial charge in [0.15, 0.2) is 0 Å². The molecule has 3 aromatic rings. The van der Waals surface area contributed by atoms with E-state index in [2.05, 4.69) is 5.32 Å². The molecule has 0 aliphatic carbocycles. The van der Waals surface area contributed by atoms with E-state index in [1.165, 1.54) is 17.0 Å². The minimum Gasteiger partial charge on any atom is -0.497 e. The fourth-order valence-corrected chi connectivity index (χ4v) is 5.62. The van der Waals surface area contributed by atoms with Gasteiger partial charge < -0.3 is 15.0 Å². The van der Waals surface area contributed by atoms with Crippen molar-refractivity contribution in [2.75, 3.05) is 24.5 Å². The molecule has 0 aromatic heterocycles. The van der Waals surface area contributed by atoms with Gasteiger partial charge in [0.2, 0.25) is 11.8 Å². The number of hydrogen-bond donors (Lipinski definition) is 1. The van der Waals surface area contributed by atoms with Crippen LogP contribution in [0.4, 0.5) is 5.69 Å². The lowest BCUT2D eigenvalue weighted by atomic mass is 10.1. The van der Waals surface area contributed by atoms with E-state index in [-0.39, 0.29) is 17.3 Å². The summed E-state index contributed by atoms with van der Waals surface area (Å²) in [5.41, 5.74) is 2.77. The Morgan fingerprint density at radius 3 is 2.26 bits per heavy atom. The summed E-state index contributed by atoms with van der Waals surface area (Å²) in [5.74, 6) is -0.131. The first-order valence-corrected chi connectivity index (χ1v) is 14.4. The maximum atomic E-state index is 14.0. The zero-order chi connectivity index (χ0) is 28.6. The smallest absolute Gasteiger partial charge is 0.264 e. The third kappa shape index (κ3) is 7.38. The summed E-state index contributed by atoms with van der Waals surface area (Å²) in [6.07, 6.45) is 0.751. The van der Waals surface area contributed by atoms with Gasteiger partial charge in [-0.15, -0.1) is 0 Å². The molecule has 0 bridgehead atoms. The van der Waals surface area contributed by atoms with Crippen LogP contribution in [-0.4, -0.2) is 51.4 Å². The number of carbonyl (C=O) groups is 2. The lowest BCUT2D eigenvalue weighted by Gasteiger charge is -2.32. The molecule has 0 saturated heterocycles. The Balaban J connectivity index is 2.04. The van der Waals surface area contributed by atoms with E-state index in [1.54, 1.807) is 50.4 Å². The van der Waals surface area contributed by atoms with Gasteiger partial charge in [-0.1, -0.05) is 49.4 Å². The third-order valence-electron chi connectivity index (χ3n) is 6.47. The Morgan fingerprint density at radius 2 is 1.64 bits per heavy atom. The third-order valence-corrected chi connectivity index (χ3v) is 8.25. The van der Waals surface area contributed by atoms with Crippen molar-refractivity contribution in [3.8, 4) is 5.75 Å². The molecule has 2 amide bonds. The molecule has 9 heteroatoms. The molecule has 8 nitrogen and oxygen atoms in total. The van der Waals surface area contributed by atoms with Crippen LogP contribution in [0.2, 0.25) is 0 Å². The van der Waals surface area contributed by atoms with Crippen molar-refractivity contribution in [3.63, 3.8) is 0 Å². The average molecular weight is 552 g/mol. The van der Waals surface area contributed by atoms with Crippen molar-refractivity contribution in [2.24, 2.45) is 0 Å². The Hall–Kier alpha value is -3.85. The van der Waals surface area contributed by atoms with Crippen LogP contribution < -0.4 is 14.4 Å². The van der Waals surface area contributed by atoms with Crippen LogP contribution in [-0.2, 0) is 26.2 Å². The van der Waals surface area contributed by atoms with Crippen molar-refractivity contribution in [1.29, 1.82) is 0 Å². The first kappa shape index (κ1) is 29.7. The second kappa shape index (κ2) is 13.3. The summed E-state index contributed by atoms with van der Waals surface area (Å²) >= 11 is 0. The predicted octanol–water partition coefficient (Wildman–Crippen LogP) is 4.45. The predicted molar refractivity (Wildman–Crippen MR) is 153 cm³/mol. The number of nitrogens with zero attached hydrogens (tertiary/aromatic N) is 2. The van der Waals surface area contributed by atoms with Crippen molar-refractivity contribution >= 4 is 27.5 Å². The molecule has 0 aliphatic heterocycles. The Bertz CT molecular complexity index is 1380. The van der Waals surface area contributed by atoms with E-state index >= 15 is 0 Å². The quantitative estimate of drug-likeness (QED) is 0.359. The molecule has 0 radical (unpaired) electrons. The molecule has 39 heavy (non-hydrogen) atoms. The monoisotopic (exact) mass is 551 g/mol. The molecule has 0 saturated carbocycles. The molecular weight excluding hydrogens is 514 g/mol. The van der Waals surface area contributed by atoms with E-state index in [4.69, 9.17) is 4.74 Å². The largest absolute Gasteiger partial charge is 0.497 e. The molecule has 0 spiro atoms. The highest BCUT2D eigenvalue weighted by molar-refractivity contribution is 7.92. The number of aryl methyl sites for hydroxylation is 2. The highest BCUT2D eigenvalue weighted by atomic mass is 32.2. The number of methoxy groups -OCH3 is 1. The minimum absolute atomic E-state index is 0.0779. The number of benzene rings is 3. The van der Waals surface area contributed by atoms with Crippen LogP contribution in [0.15, 0.2) is 77.7 Å². The number of hydrogen-bond acceptors (Lipinski definition) is 5. The first-order valence-electron chi connectivity index (χ1n) is 12.9. The molecular formula is C30H37N3O5S. The highest BCUT2D eigenvalue weighted by Gasteiger charge is 2.33. The van der Waals surface area contributed by atoms with Gasteiger partial charge in [-0.25, -0.2) is 8.42 Å². The molecule has 1 N–H and O–H groups in total. The second-order valence-corrected chi connectivity index (χ2v) is 11.3. The maximum absolute atomic E-state index is 14.0. The van der Waals surface area contributed by atoms with E-state index in [9.17, 15) is 18.0 Å². The van der Waals surface area contributed by atoms with Crippen LogP contribution >= 0.6 is 0 Å². The molecule has 0 heterocycles. The summed E-state index contributed by atoms with van der Waals surface area (Å²) in [5, 5.41) is 2.84. The number of carbonyl (C=O) groups excluding carboxylic acids is 2. The van der Waals surface area contributed by atoms with Gasteiger partial charge >= 0.3 is 0 Å². The number of nitrogens with one attached hydrogen (secondary N) is 1. The fraction of sp³-hybridized carbons (Fsp3) is 0.333. The highest BCUT2D eigenvalue weighted by Crippen LogP contribution is 2.28. The number of anilines is 1. The van der Waals surface area contributed by atoms with Crippen LogP contribution in [0.1, 0.15) is 37.0 Å². The van der Waals surface area contributed by atoms with Crippen LogP contribution in [0.25, 0.3) is 0 Å². The molecule has 1 atom stereocenters. The van der Waals surface area contributed by atoms with Gasteiger partial charge in [0, 0.05) is 13.1 Å². The second-order valence-electron chi connectivity index (χ2n) is 9.45. The Labute approximate surface area is 231 Å². The lowest BCUT2D eigenvalue weighted by Crippen LogP contribution is -2.51. The zero-order valence-corrected chi connectivity index (χ0v) is 24.0. The SMILES string of the molecule is CCCNC(=O)[C@H](C)N(Cc1ccc(OC)cc1)C(=O)CN(c1cc(C)ccc1C)S(=O)(=O)c1ccccc1. The molecule has 3 rings (SSSR count). The maximum Gasteiger partial charge on any atom is 0.264 e. The van der Waals surface area contributed by atoms with Crippen molar-refractivity contribution in [1.82, 2.24) is 10.2 Å². The van der Waals surface area contributed by atoms with E-state index in [1.807, 2.05) is 45.0 Å². The first-order chi connectivity index (χ1) is 18.6. The van der Waals surface area contributed by atoms with E-state index in [0.29, 0.717) is 23.5 Å². The van der Waals surface area contributed by atoms with Crippen molar-refractivity contribution < 1.29 is 22.7 Å².